The molecular formula is C10H11IN2O3. The van der Waals surface area contributed by atoms with Gasteiger partial charge in [-0.25, -0.2) is 4.79 Å². The summed E-state index contributed by atoms with van der Waals surface area (Å²) in [5.74, 6) is -1.60. The second-order valence-electron chi connectivity index (χ2n) is 2.99. The van der Waals surface area contributed by atoms with Gasteiger partial charge >= 0.3 is 11.9 Å². The van der Waals surface area contributed by atoms with Crippen LogP contribution in [0.2, 0.25) is 0 Å². The number of rotatable bonds is 3. The molecule has 1 N–H and O–H groups in total. The van der Waals surface area contributed by atoms with Crippen LogP contribution in [0.5, 0.6) is 0 Å². The minimum absolute atomic E-state index is 0.284. The molecule has 0 fully saturated rings. The van der Waals surface area contributed by atoms with Crippen LogP contribution in [-0.2, 0) is 20.9 Å². The molecule has 86 valence electrons. The molecule has 5 nitrogen and oxygen atoms in total. The first-order chi connectivity index (χ1) is 7.59. The highest BCUT2D eigenvalue weighted by molar-refractivity contribution is 14.1. The van der Waals surface area contributed by atoms with Crippen LogP contribution in [0.3, 0.4) is 0 Å². The van der Waals surface area contributed by atoms with Gasteiger partial charge in [0, 0.05) is 18.9 Å². The number of hydrogen-bond donors (Lipinski definition) is 1. The maximum absolute atomic E-state index is 11.2. The van der Waals surface area contributed by atoms with Gasteiger partial charge in [-0.1, -0.05) is 0 Å². The number of carbonyl (C=O) groups is 2. The predicted molar refractivity (Wildman–Crippen MR) is 65.7 cm³/mol. The van der Waals surface area contributed by atoms with E-state index in [4.69, 9.17) is 4.74 Å². The van der Waals surface area contributed by atoms with Gasteiger partial charge in [-0.3, -0.25) is 9.78 Å². The molecule has 1 atom stereocenters. The number of halogens is 1. The first kappa shape index (κ1) is 12.9. The summed E-state index contributed by atoms with van der Waals surface area (Å²) >= 11 is 1.90. The summed E-state index contributed by atoms with van der Waals surface area (Å²) in [4.78, 5) is 26.2. The minimum atomic E-state index is -0.865. The topological polar surface area (TPSA) is 68.3 Å². The number of alkyl halides is 1. The molecule has 0 aliphatic rings. The lowest BCUT2D eigenvalue weighted by Gasteiger charge is -2.07. The molecule has 0 radical (unpaired) electrons. The molecule has 1 aromatic heterocycles. The third-order valence-corrected chi connectivity index (χ3v) is 1.91. The Labute approximate surface area is 107 Å². The summed E-state index contributed by atoms with van der Waals surface area (Å²) in [7, 11) is 0. The summed E-state index contributed by atoms with van der Waals surface area (Å²) in [5, 5.41) is 2.46. The minimum Gasteiger partial charge on any atom is -0.445 e. The monoisotopic (exact) mass is 334 g/mol. The van der Waals surface area contributed by atoms with E-state index in [1.807, 2.05) is 22.6 Å². The number of amides is 1. The van der Waals surface area contributed by atoms with Gasteiger partial charge in [-0.15, -0.1) is 0 Å². The zero-order valence-electron chi connectivity index (χ0n) is 8.64. The number of ether oxygens (including phenoxy) is 1. The maximum Gasteiger partial charge on any atom is 0.397 e. The van der Waals surface area contributed by atoms with Gasteiger partial charge in [0.15, 0.2) is 0 Å². The average molecular weight is 334 g/mol. The zero-order chi connectivity index (χ0) is 12.0. The maximum atomic E-state index is 11.2. The van der Waals surface area contributed by atoms with Crippen LogP contribution in [0.15, 0.2) is 24.5 Å². The summed E-state index contributed by atoms with van der Waals surface area (Å²) < 4.78 is 4.40. The number of esters is 1. The predicted octanol–water partition coefficient (Wildman–Crippen LogP) is 1.02. The largest absolute Gasteiger partial charge is 0.445 e. The second kappa shape index (κ2) is 6.41. The van der Waals surface area contributed by atoms with Gasteiger partial charge in [0.25, 0.3) is 0 Å². The van der Waals surface area contributed by atoms with Crippen LogP contribution >= 0.6 is 22.6 Å². The smallest absolute Gasteiger partial charge is 0.397 e. The fourth-order valence-electron chi connectivity index (χ4n) is 0.956. The molecular weight excluding hydrogens is 323 g/mol. The van der Waals surface area contributed by atoms with E-state index < -0.39 is 11.9 Å². The van der Waals surface area contributed by atoms with E-state index in [1.54, 1.807) is 31.5 Å². The molecule has 1 amide bonds. The summed E-state index contributed by atoms with van der Waals surface area (Å²) in [6.07, 6.45) is 3.24. The Morgan fingerprint density at radius 2 is 2.12 bits per heavy atom. The first-order valence-corrected chi connectivity index (χ1v) is 5.86. The lowest BCUT2D eigenvalue weighted by molar-refractivity contribution is -0.155. The van der Waals surface area contributed by atoms with Crippen LogP contribution < -0.4 is 5.32 Å². The lowest BCUT2D eigenvalue weighted by atomic mass is 10.3. The van der Waals surface area contributed by atoms with Crippen molar-refractivity contribution in [3.63, 3.8) is 0 Å². The SMILES string of the molecule is C[C@H](I)OC(=O)C(=O)NCc1ccncc1. The fourth-order valence-corrected chi connectivity index (χ4v) is 1.19. The third-order valence-electron chi connectivity index (χ3n) is 1.66. The highest BCUT2D eigenvalue weighted by Gasteiger charge is 2.16. The molecule has 1 rings (SSSR count). The first-order valence-electron chi connectivity index (χ1n) is 4.61. The number of carbonyl (C=O) groups excluding carboxylic acids is 2. The molecule has 0 aliphatic carbocycles. The fraction of sp³-hybridized carbons (Fsp3) is 0.300. The number of aromatic nitrogens is 1. The Hall–Kier alpha value is -1.18. The van der Waals surface area contributed by atoms with E-state index in [2.05, 4.69) is 10.3 Å². The molecule has 0 bridgehead atoms. The van der Waals surface area contributed by atoms with Gasteiger partial charge < -0.3 is 10.1 Å². The van der Waals surface area contributed by atoms with E-state index >= 15 is 0 Å². The summed E-state index contributed by atoms with van der Waals surface area (Å²) in [6, 6.07) is 3.51. The van der Waals surface area contributed by atoms with Gasteiger partial charge in [0.1, 0.15) is 4.11 Å². The van der Waals surface area contributed by atoms with Crippen molar-refractivity contribution in [2.24, 2.45) is 0 Å². The van der Waals surface area contributed by atoms with Crippen LogP contribution in [-0.4, -0.2) is 21.0 Å². The number of nitrogens with zero attached hydrogens (tertiary/aromatic N) is 1. The Balaban J connectivity index is 2.38. The van der Waals surface area contributed by atoms with E-state index in [9.17, 15) is 9.59 Å². The summed E-state index contributed by atoms with van der Waals surface area (Å²) in [6.45, 7) is 1.96. The third kappa shape index (κ3) is 4.56. The van der Waals surface area contributed by atoms with Crippen LogP contribution in [0, 0.1) is 0 Å². The Kier molecular flexibility index (Phi) is 5.17. The Bertz CT molecular complexity index is 368. The van der Waals surface area contributed by atoms with Crippen molar-refractivity contribution in [1.82, 2.24) is 10.3 Å². The van der Waals surface area contributed by atoms with Crippen LogP contribution in [0.25, 0.3) is 0 Å². The second-order valence-corrected chi connectivity index (χ2v) is 4.74. The van der Waals surface area contributed by atoms with Crippen molar-refractivity contribution in [2.45, 2.75) is 17.6 Å². The molecule has 1 heterocycles. The van der Waals surface area contributed by atoms with Crippen molar-refractivity contribution in [1.29, 1.82) is 0 Å². The molecule has 0 aromatic carbocycles. The lowest BCUT2D eigenvalue weighted by Crippen LogP contribution is -2.32. The van der Waals surface area contributed by atoms with E-state index in [-0.39, 0.29) is 10.7 Å². The van der Waals surface area contributed by atoms with Crippen molar-refractivity contribution in [3.8, 4) is 0 Å². The molecule has 0 unspecified atom stereocenters. The van der Waals surface area contributed by atoms with E-state index in [0.717, 1.165) is 5.56 Å². The highest BCUT2D eigenvalue weighted by atomic mass is 127. The molecule has 0 saturated carbocycles. The molecule has 0 spiro atoms. The highest BCUT2D eigenvalue weighted by Crippen LogP contribution is 2.01. The number of pyridine rings is 1. The van der Waals surface area contributed by atoms with Crippen molar-refractivity contribution in [3.05, 3.63) is 30.1 Å². The molecule has 0 saturated heterocycles. The van der Waals surface area contributed by atoms with Gasteiger partial charge in [-0.2, -0.15) is 0 Å². The Morgan fingerprint density at radius 1 is 1.50 bits per heavy atom. The quantitative estimate of drug-likeness (QED) is 0.388. The van der Waals surface area contributed by atoms with E-state index in [1.165, 1.54) is 0 Å². The van der Waals surface area contributed by atoms with Gasteiger partial charge in [0.05, 0.1) is 0 Å². The number of nitrogens with one attached hydrogen (secondary N) is 1. The molecule has 0 aliphatic heterocycles. The average Bonchev–Trinajstić information content (AvgIpc) is 2.26. The van der Waals surface area contributed by atoms with E-state index in [0.29, 0.717) is 0 Å². The molecule has 16 heavy (non-hydrogen) atoms. The van der Waals surface area contributed by atoms with Gasteiger partial charge in [-0.05, 0) is 47.2 Å². The molecule has 1 aromatic rings. The number of hydrogen-bond acceptors (Lipinski definition) is 4. The Morgan fingerprint density at radius 3 is 2.69 bits per heavy atom. The molecule has 6 heteroatoms. The van der Waals surface area contributed by atoms with Crippen molar-refractivity contribution in [2.75, 3.05) is 0 Å². The summed E-state index contributed by atoms with van der Waals surface area (Å²) in [5.41, 5.74) is 0.874. The standard InChI is InChI=1S/C10H11IN2O3/c1-7(11)16-10(15)9(14)13-6-8-2-4-12-5-3-8/h2-5,7H,6H2,1H3,(H,13,14)/t7-/m1/s1. The van der Waals surface area contributed by atoms with Crippen molar-refractivity contribution < 1.29 is 14.3 Å². The van der Waals surface area contributed by atoms with Gasteiger partial charge in [0.2, 0.25) is 0 Å². The van der Waals surface area contributed by atoms with Crippen LogP contribution in [0.1, 0.15) is 12.5 Å². The van der Waals surface area contributed by atoms with Crippen LogP contribution in [0.4, 0.5) is 0 Å². The normalized spacial score (nSPS) is 11.6. The van der Waals surface area contributed by atoms with Crippen molar-refractivity contribution >= 4 is 34.5 Å². The zero-order valence-corrected chi connectivity index (χ0v) is 10.8.